The summed E-state index contributed by atoms with van der Waals surface area (Å²) in [6, 6.07) is 0. The number of hydrogen-bond donors (Lipinski definition) is 0. The Morgan fingerprint density at radius 3 is 1.69 bits per heavy atom. The summed E-state index contributed by atoms with van der Waals surface area (Å²) in [5, 5.41) is 0. The second kappa shape index (κ2) is 17.9. The highest BCUT2D eigenvalue weighted by Gasteiger charge is 2.40. The first-order valence-corrected chi connectivity index (χ1v) is 14.7. The van der Waals surface area contributed by atoms with Gasteiger partial charge in [-0.2, -0.15) is 8.78 Å². The molecular formula is C33H51F7O2. The Bertz CT molecular complexity index is 933. The third-order valence-electron chi connectivity index (χ3n) is 7.94. The van der Waals surface area contributed by atoms with Gasteiger partial charge in [-0.3, -0.25) is 4.74 Å². The summed E-state index contributed by atoms with van der Waals surface area (Å²) < 4.78 is 103. The molecule has 6 atom stereocenters. The Kier molecular flexibility index (Phi) is 17.1. The van der Waals surface area contributed by atoms with E-state index in [0.717, 1.165) is 31.8 Å². The molecule has 0 heterocycles. The van der Waals surface area contributed by atoms with Gasteiger partial charge in [0.05, 0.1) is 5.92 Å². The number of halogens is 7. The maximum absolute atomic E-state index is 14.9. The summed E-state index contributed by atoms with van der Waals surface area (Å²) in [5.74, 6) is -2.99. The van der Waals surface area contributed by atoms with E-state index in [0.29, 0.717) is 30.4 Å². The van der Waals surface area contributed by atoms with Gasteiger partial charge in [0.15, 0.2) is 0 Å². The Labute approximate surface area is 248 Å². The fourth-order valence-electron chi connectivity index (χ4n) is 4.17. The molecule has 2 nitrogen and oxygen atoms in total. The molecule has 0 saturated carbocycles. The smallest absolute Gasteiger partial charge is 0.433 e. The molecule has 42 heavy (non-hydrogen) atoms. The maximum Gasteiger partial charge on any atom is 0.523 e. The fourth-order valence-corrected chi connectivity index (χ4v) is 4.17. The van der Waals surface area contributed by atoms with Crippen molar-refractivity contribution in [1.29, 1.82) is 0 Å². The number of alkyl halides is 5. The first kappa shape index (κ1) is 40.0. The molecule has 0 fully saturated rings. The highest BCUT2D eigenvalue weighted by Crippen LogP contribution is 2.35. The van der Waals surface area contributed by atoms with Crippen LogP contribution in [0.1, 0.15) is 93.9 Å². The summed E-state index contributed by atoms with van der Waals surface area (Å²) in [6.45, 7) is 25.4. The van der Waals surface area contributed by atoms with Gasteiger partial charge in [0, 0.05) is 6.08 Å². The molecule has 0 spiro atoms. The largest absolute Gasteiger partial charge is 0.523 e. The number of ether oxygens (including phenoxy) is 2. The minimum atomic E-state index is -5.08. The standard InChI is InChI=1S/C33H51F7O2/c1-20(2)12-13-23(5)25(7)18-30(34)28(10)24(6)15-14-21(3)22(4)16-17-26(8)32(36,37)41-27(9)19-31(35)29(11)42-33(38,39)40/h18-24,26,29H,7,9-10,12-17H2,1-6,8,11H3/b30-18+,31-19+. The van der Waals surface area contributed by atoms with Crippen molar-refractivity contribution in [3.8, 4) is 0 Å². The average Bonchev–Trinajstić information content (AvgIpc) is 2.86. The van der Waals surface area contributed by atoms with Crippen molar-refractivity contribution in [3.63, 3.8) is 0 Å². The third-order valence-corrected chi connectivity index (χ3v) is 7.94. The molecule has 0 amide bonds. The lowest BCUT2D eigenvalue weighted by atomic mass is 9.83. The molecule has 0 rings (SSSR count). The molecule has 0 aromatic rings. The van der Waals surface area contributed by atoms with E-state index in [1.807, 2.05) is 27.7 Å². The first-order chi connectivity index (χ1) is 19.1. The third kappa shape index (κ3) is 16.0. The van der Waals surface area contributed by atoms with Crippen LogP contribution in [0.25, 0.3) is 0 Å². The monoisotopic (exact) mass is 612 g/mol. The Balaban J connectivity index is 4.83. The van der Waals surface area contributed by atoms with Crippen LogP contribution in [0.3, 0.4) is 0 Å². The highest BCUT2D eigenvalue weighted by atomic mass is 19.4. The molecule has 0 aromatic carbocycles. The maximum atomic E-state index is 14.9. The molecule has 9 heteroatoms. The summed E-state index contributed by atoms with van der Waals surface area (Å²) in [5.41, 5.74) is 1.16. The second-order valence-electron chi connectivity index (χ2n) is 12.2. The van der Waals surface area contributed by atoms with E-state index in [4.69, 9.17) is 0 Å². The van der Waals surface area contributed by atoms with Gasteiger partial charge in [0.2, 0.25) is 0 Å². The lowest BCUT2D eigenvalue weighted by Crippen LogP contribution is -2.30. The van der Waals surface area contributed by atoms with Gasteiger partial charge in [-0.1, -0.05) is 74.6 Å². The molecule has 0 N–H and O–H groups in total. The zero-order chi connectivity index (χ0) is 33.0. The molecule has 0 radical (unpaired) electrons. The van der Waals surface area contributed by atoms with Gasteiger partial charge in [-0.05, 0) is 85.8 Å². The molecule has 0 aliphatic rings. The Morgan fingerprint density at radius 2 is 1.19 bits per heavy atom. The molecule has 0 saturated heterocycles. The fraction of sp³-hybridized carbons (Fsp3) is 0.697. The summed E-state index contributed by atoms with van der Waals surface area (Å²) in [4.78, 5) is 0. The zero-order valence-electron chi connectivity index (χ0n) is 26.5. The van der Waals surface area contributed by atoms with Crippen LogP contribution in [0.5, 0.6) is 0 Å². The van der Waals surface area contributed by atoms with Crippen molar-refractivity contribution >= 4 is 0 Å². The van der Waals surface area contributed by atoms with Crippen LogP contribution in [0.15, 0.2) is 60.4 Å². The molecule has 0 aliphatic carbocycles. The normalized spacial score (nSPS) is 17.8. The lowest BCUT2D eigenvalue weighted by molar-refractivity contribution is -0.337. The highest BCUT2D eigenvalue weighted by molar-refractivity contribution is 5.32. The molecule has 0 bridgehead atoms. The van der Waals surface area contributed by atoms with Gasteiger partial charge >= 0.3 is 12.5 Å². The molecular weight excluding hydrogens is 561 g/mol. The van der Waals surface area contributed by atoms with Crippen molar-refractivity contribution in [2.24, 2.45) is 35.5 Å². The number of rotatable bonds is 20. The summed E-state index contributed by atoms with van der Waals surface area (Å²) in [7, 11) is 0. The van der Waals surface area contributed by atoms with E-state index in [9.17, 15) is 30.7 Å². The van der Waals surface area contributed by atoms with Crippen LogP contribution in [0.2, 0.25) is 0 Å². The van der Waals surface area contributed by atoms with E-state index in [1.54, 1.807) is 0 Å². The van der Waals surface area contributed by atoms with Crippen LogP contribution >= 0.6 is 0 Å². The van der Waals surface area contributed by atoms with Crippen molar-refractivity contribution in [3.05, 3.63) is 60.4 Å². The van der Waals surface area contributed by atoms with Gasteiger partial charge in [-0.15, -0.1) is 13.2 Å². The molecule has 244 valence electrons. The number of hydrogen-bond acceptors (Lipinski definition) is 2. The van der Waals surface area contributed by atoms with Crippen LogP contribution in [0.4, 0.5) is 30.7 Å². The van der Waals surface area contributed by atoms with Crippen LogP contribution < -0.4 is 0 Å². The van der Waals surface area contributed by atoms with E-state index >= 15 is 0 Å². The van der Waals surface area contributed by atoms with Crippen LogP contribution in [0, 0.1) is 35.5 Å². The molecule has 6 unspecified atom stereocenters. The van der Waals surface area contributed by atoms with E-state index < -0.39 is 36.1 Å². The Hall–Kier alpha value is -2.03. The van der Waals surface area contributed by atoms with Crippen LogP contribution in [-0.2, 0) is 9.47 Å². The van der Waals surface area contributed by atoms with E-state index in [2.05, 4.69) is 43.1 Å². The van der Waals surface area contributed by atoms with Crippen molar-refractivity contribution in [2.75, 3.05) is 0 Å². The summed E-state index contributed by atoms with van der Waals surface area (Å²) in [6.07, 6.45) is -5.03. The minimum absolute atomic E-state index is 0.0756. The van der Waals surface area contributed by atoms with Gasteiger partial charge in [-0.25, -0.2) is 8.78 Å². The summed E-state index contributed by atoms with van der Waals surface area (Å²) >= 11 is 0. The van der Waals surface area contributed by atoms with E-state index in [1.165, 1.54) is 13.0 Å². The SMILES string of the molecule is C=C(/C=C(/F)C(C)OC(F)(F)F)OC(F)(F)C(C)CCC(C)C(C)CCC(C)C(=C)/C(F)=C\C(=C)C(C)CCC(C)C. The second-order valence-corrected chi connectivity index (χ2v) is 12.2. The average molecular weight is 613 g/mol. The van der Waals surface area contributed by atoms with Crippen molar-refractivity contribution in [2.45, 2.75) is 112 Å². The van der Waals surface area contributed by atoms with Crippen molar-refractivity contribution < 1.29 is 40.2 Å². The lowest BCUT2D eigenvalue weighted by Gasteiger charge is -2.27. The quantitative estimate of drug-likeness (QED) is 0.0774. The minimum Gasteiger partial charge on any atom is -0.433 e. The van der Waals surface area contributed by atoms with Gasteiger partial charge < -0.3 is 4.74 Å². The Morgan fingerprint density at radius 1 is 0.690 bits per heavy atom. The van der Waals surface area contributed by atoms with Crippen LogP contribution in [-0.4, -0.2) is 18.6 Å². The van der Waals surface area contributed by atoms with E-state index in [-0.39, 0.29) is 35.9 Å². The van der Waals surface area contributed by atoms with Gasteiger partial charge in [0.25, 0.3) is 0 Å². The zero-order valence-corrected chi connectivity index (χ0v) is 26.5. The van der Waals surface area contributed by atoms with Crippen molar-refractivity contribution in [1.82, 2.24) is 0 Å². The van der Waals surface area contributed by atoms with Gasteiger partial charge in [0.1, 0.15) is 23.5 Å². The predicted octanol–water partition coefficient (Wildman–Crippen LogP) is 12.0. The first-order valence-electron chi connectivity index (χ1n) is 14.7. The number of allylic oxidation sites excluding steroid dienone is 5. The molecule has 0 aromatic heterocycles. The predicted molar refractivity (Wildman–Crippen MR) is 157 cm³/mol. The topological polar surface area (TPSA) is 18.5 Å². The molecule has 0 aliphatic heterocycles.